The van der Waals surface area contributed by atoms with E-state index in [-0.39, 0.29) is 53.7 Å². The summed E-state index contributed by atoms with van der Waals surface area (Å²) in [7, 11) is -4.81. The van der Waals surface area contributed by atoms with Crippen molar-refractivity contribution in [3.63, 3.8) is 0 Å². The van der Waals surface area contributed by atoms with Crippen molar-refractivity contribution < 1.29 is 61.6 Å². The number of unbranched alkanes of at least 4 members (excludes halogenated alkanes) is 18. The maximum atomic E-state index is 12.6. The molecular weight excluding hydrogens is 563 g/mol. The van der Waals surface area contributed by atoms with Gasteiger partial charge in [0.2, 0.25) is 0 Å². The molecule has 0 radical (unpaired) electrons. The summed E-state index contributed by atoms with van der Waals surface area (Å²) >= 11 is 0. The maximum absolute atomic E-state index is 12.6. The summed E-state index contributed by atoms with van der Waals surface area (Å²) in [4.78, 5) is 25.1. The average molecular weight is 619 g/mol. The smallest absolute Gasteiger partial charge is 0.745 e. The molecule has 0 saturated carbocycles. The second-order valence-corrected chi connectivity index (χ2v) is 12.7. The topological polar surface area (TPSA) is 110 Å². The van der Waals surface area contributed by atoms with E-state index < -0.39 is 27.5 Å². The van der Waals surface area contributed by atoms with Crippen molar-refractivity contribution in [3.05, 3.63) is 35.4 Å². The zero-order chi connectivity index (χ0) is 30.2. The van der Waals surface area contributed by atoms with Gasteiger partial charge in [-0.3, -0.25) is 0 Å². The fourth-order valence-corrected chi connectivity index (χ4v) is 5.67. The molecular formula is C33H55NaO7S. The van der Waals surface area contributed by atoms with Gasteiger partial charge in [-0.05, 0) is 25.0 Å². The zero-order valence-corrected chi connectivity index (χ0v) is 29.5. The van der Waals surface area contributed by atoms with Crippen LogP contribution in [0, 0.1) is 0 Å². The van der Waals surface area contributed by atoms with Crippen molar-refractivity contribution in [2.75, 3.05) is 6.61 Å². The molecule has 42 heavy (non-hydrogen) atoms. The van der Waals surface area contributed by atoms with E-state index in [1.54, 1.807) is 13.0 Å². The first kappa shape index (κ1) is 41.1. The minimum Gasteiger partial charge on any atom is -0.745 e. The molecule has 0 fully saturated rings. The van der Waals surface area contributed by atoms with Crippen LogP contribution in [-0.4, -0.2) is 37.0 Å². The van der Waals surface area contributed by atoms with E-state index in [4.69, 9.17) is 9.47 Å². The van der Waals surface area contributed by atoms with Crippen LogP contribution in [0.4, 0.5) is 0 Å². The van der Waals surface area contributed by atoms with Crippen molar-refractivity contribution in [1.82, 2.24) is 0 Å². The van der Waals surface area contributed by atoms with E-state index in [0.717, 1.165) is 19.3 Å². The third-order valence-corrected chi connectivity index (χ3v) is 8.41. The van der Waals surface area contributed by atoms with E-state index in [1.165, 1.54) is 121 Å². The Morgan fingerprint density at radius 2 is 1.02 bits per heavy atom. The van der Waals surface area contributed by atoms with E-state index >= 15 is 0 Å². The fourth-order valence-electron chi connectivity index (χ4n) is 4.94. The van der Waals surface area contributed by atoms with E-state index in [2.05, 4.69) is 6.92 Å². The number of hydrogen-bond donors (Lipinski definition) is 0. The molecule has 0 aliphatic heterocycles. The Kier molecular flexibility index (Phi) is 25.9. The molecule has 0 amide bonds. The summed E-state index contributed by atoms with van der Waals surface area (Å²) in [6.07, 6.45) is 24.7. The molecule has 0 N–H and O–H groups in total. The molecule has 1 unspecified atom stereocenters. The van der Waals surface area contributed by atoms with Gasteiger partial charge in [0.15, 0.2) is 5.44 Å². The van der Waals surface area contributed by atoms with E-state index in [0.29, 0.717) is 6.42 Å². The maximum Gasteiger partial charge on any atom is 1.00 e. The Hall–Kier alpha value is -0.930. The van der Waals surface area contributed by atoms with Gasteiger partial charge in [0.25, 0.3) is 0 Å². The third-order valence-electron chi connectivity index (χ3n) is 7.43. The third kappa shape index (κ3) is 20.1. The summed E-state index contributed by atoms with van der Waals surface area (Å²) in [5.41, 5.74) is -1.90. The standard InChI is InChI=1S/C33H56O7S.Na/c1-3-5-6-7-8-9-10-11-12-13-14-15-16-17-18-19-20-21-24-28-39-32(34)29-26-22-23-27-30(29)33(35)40-31(25-4-2)41(36,37)38;/h22-23,26-27,31H,3-21,24-25,28H2,1-2H3,(H,36,37,38);/q;+1/p-1. The van der Waals surface area contributed by atoms with Gasteiger partial charge in [0, 0.05) is 0 Å². The van der Waals surface area contributed by atoms with Gasteiger partial charge in [0.1, 0.15) is 10.1 Å². The van der Waals surface area contributed by atoms with Crippen LogP contribution < -0.4 is 29.6 Å². The molecule has 0 saturated heterocycles. The Morgan fingerprint density at radius 1 is 0.643 bits per heavy atom. The van der Waals surface area contributed by atoms with Crippen molar-refractivity contribution in [1.29, 1.82) is 0 Å². The van der Waals surface area contributed by atoms with Crippen LogP contribution in [-0.2, 0) is 19.6 Å². The number of carbonyl (C=O) groups excluding carboxylic acids is 2. The second kappa shape index (κ2) is 26.5. The predicted octanol–water partition coefficient (Wildman–Crippen LogP) is 6.11. The Morgan fingerprint density at radius 3 is 1.40 bits per heavy atom. The van der Waals surface area contributed by atoms with Gasteiger partial charge < -0.3 is 14.0 Å². The second-order valence-electron chi connectivity index (χ2n) is 11.2. The SMILES string of the molecule is CCCCCCCCCCCCCCCCCCCCCOC(=O)c1ccccc1C(=O)OC(CCC)S(=O)(=O)[O-].[Na+]. The Bertz CT molecular complexity index is 936. The number of carbonyl (C=O) groups is 2. The van der Waals surface area contributed by atoms with Crippen LogP contribution >= 0.6 is 0 Å². The van der Waals surface area contributed by atoms with Gasteiger partial charge in [0.05, 0.1) is 17.7 Å². The Balaban J connectivity index is 0.0000168. The summed E-state index contributed by atoms with van der Waals surface area (Å²) in [6.45, 7) is 4.19. The van der Waals surface area contributed by atoms with E-state index in [1.807, 2.05) is 0 Å². The first-order valence-electron chi connectivity index (χ1n) is 16.2. The zero-order valence-electron chi connectivity index (χ0n) is 26.7. The molecule has 1 atom stereocenters. The number of ether oxygens (including phenoxy) is 2. The van der Waals surface area contributed by atoms with Gasteiger partial charge in [-0.1, -0.05) is 148 Å². The van der Waals surface area contributed by atoms with Gasteiger partial charge in [-0.2, -0.15) is 0 Å². The fraction of sp³-hybridized carbons (Fsp3) is 0.758. The largest absolute Gasteiger partial charge is 1.00 e. The van der Waals surface area contributed by atoms with Crippen molar-refractivity contribution in [2.24, 2.45) is 0 Å². The molecule has 0 aliphatic carbocycles. The van der Waals surface area contributed by atoms with Gasteiger partial charge >= 0.3 is 41.5 Å². The molecule has 0 heterocycles. The average Bonchev–Trinajstić information content (AvgIpc) is 2.95. The molecule has 0 aromatic heterocycles. The summed E-state index contributed by atoms with van der Waals surface area (Å²) in [6, 6.07) is 5.90. The normalized spacial score (nSPS) is 12.0. The van der Waals surface area contributed by atoms with Crippen LogP contribution in [0.2, 0.25) is 0 Å². The minimum atomic E-state index is -4.81. The van der Waals surface area contributed by atoms with Crippen LogP contribution in [0.1, 0.15) is 169 Å². The first-order valence-corrected chi connectivity index (χ1v) is 17.7. The van der Waals surface area contributed by atoms with Crippen molar-refractivity contribution >= 4 is 22.1 Å². The first-order chi connectivity index (χ1) is 19.8. The monoisotopic (exact) mass is 618 g/mol. The number of esters is 2. The number of hydrogen-bond acceptors (Lipinski definition) is 7. The number of rotatable bonds is 26. The van der Waals surface area contributed by atoms with Crippen LogP contribution in [0.15, 0.2) is 24.3 Å². The molecule has 0 aliphatic rings. The van der Waals surface area contributed by atoms with Gasteiger partial charge in [-0.15, -0.1) is 0 Å². The summed E-state index contributed by atoms with van der Waals surface area (Å²) in [5.74, 6) is -1.70. The minimum absolute atomic E-state index is 0. The van der Waals surface area contributed by atoms with Crippen LogP contribution in [0.25, 0.3) is 0 Å². The molecule has 0 bridgehead atoms. The molecule has 1 aromatic rings. The van der Waals surface area contributed by atoms with Crippen LogP contribution in [0.5, 0.6) is 0 Å². The molecule has 0 spiro atoms. The summed E-state index contributed by atoms with van der Waals surface area (Å²) < 4.78 is 44.4. The predicted molar refractivity (Wildman–Crippen MR) is 164 cm³/mol. The molecule has 1 rings (SSSR count). The Labute approximate surface area is 278 Å². The van der Waals surface area contributed by atoms with Crippen molar-refractivity contribution in [2.45, 2.75) is 154 Å². The van der Waals surface area contributed by atoms with E-state index in [9.17, 15) is 22.6 Å². The molecule has 1 aromatic carbocycles. The summed E-state index contributed by atoms with van der Waals surface area (Å²) in [5, 5.41) is 0. The molecule has 7 nitrogen and oxygen atoms in total. The number of benzene rings is 1. The quantitative estimate of drug-likeness (QED) is 0.0533. The van der Waals surface area contributed by atoms with Crippen molar-refractivity contribution in [3.8, 4) is 0 Å². The van der Waals surface area contributed by atoms with Gasteiger partial charge in [-0.25, -0.2) is 18.0 Å². The van der Waals surface area contributed by atoms with Crippen LogP contribution in [0.3, 0.4) is 0 Å². The molecule has 236 valence electrons. The molecule has 9 heteroatoms.